The number of rotatable bonds is 10. The van der Waals surface area contributed by atoms with Crippen LogP contribution in [0.2, 0.25) is 0 Å². The van der Waals surface area contributed by atoms with Gasteiger partial charge in [0.2, 0.25) is 5.91 Å². The van der Waals surface area contributed by atoms with Crippen molar-refractivity contribution >= 4 is 13.5 Å². The Labute approximate surface area is 156 Å². The normalized spacial score (nSPS) is 13.3. The Morgan fingerprint density at radius 3 is 2.19 bits per heavy atom. The molecular weight excluding hydrogens is 353 g/mol. The van der Waals surface area contributed by atoms with Crippen LogP contribution in [-0.4, -0.2) is 38.2 Å². The third-order valence-electron chi connectivity index (χ3n) is 3.59. The first-order chi connectivity index (χ1) is 12.4. The molecule has 0 saturated heterocycles. The first-order valence-electron chi connectivity index (χ1n) is 8.52. The van der Waals surface area contributed by atoms with Crippen LogP contribution >= 0.6 is 7.60 Å². The lowest BCUT2D eigenvalue weighted by Gasteiger charge is -2.33. The lowest BCUT2D eigenvalue weighted by atomic mass is 10.2. The fourth-order valence-electron chi connectivity index (χ4n) is 2.42. The summed E-state index contributed by atoms with van der Waals surface area (Å²) in [4.78, 5) is 13.9. The second-order valence-corrected chi connectivity index (χ2v) is 7.44. The molecule has 7 heteroatoms. The fraction of sp³-hybridized carbons (Fsp3) is 0.421. The van der Waals surface area contributed by atoms with E-state index >= 15 is 0 Å². The number of benzene rings is 1. The molecule has 0 saturated carbocycles. The van der Waals surface area contributed by atoms with Crippen LogP contribution in [0.5, 0.6) is 5.75 Å². The molecule has 1 rings (SSSR count). The monoisotopic (exact) mass is 381 g/mol. The zero-order chi connectivity index (χ0) is 19.6. The average Bonchev–Trinajstić information content (AvgIpc) is 2.62. The van der Waals surface area contributed by atoms with Crippen molar-refractivity contribution < 1.29 is 23.1 Å². The summed E-state index contributed by atoms with van der Waals surface area (Å²) < 4.78 is 29.6. The van der Waals surface area contributed by atoms with Crippen molar-refractivity contribution in [2.75, 3.05) is 27.4 Å². The Bertz CT molecular complexity index is 659. The van der Waals surface area contributed by atoms with Gasteiger partial charge in [-0.1, -0.05) is 30.4 Å². The Kier molecular flexibility index (Phi) is 9.35. The quantitative estimate of drug-likeness (QED) is 0.338. The van der Waals surface area contributed by atoms with Crippen LogP contribution in [0.3, 0.4) is 0 Å². The summed E-state index contributed by atoms with van der Waals surface area (Å²) in [5, 5.41) is 0. The molecular formula is C19H28NO5P. The van der Waals surface area contributed by atoms with Crippen LogP contribution in [0.15, 0.2) is 48.6 Å². The molecule has 144 valence electrons. The molecule has 0 aliphatic carbocycles. The minimum Gasteiger partial charge on any atom is -0.497 e. The lowest BCUT2D eigenvalue weighted by Crippen LogP contribution is -2.31. The molecule has 0 spiro atoms. The predicted octanol–water partition coefficient (Wildman–Crippen LogP) is 4.55. The molecule has 1 aromatic rings. The zero-order valence-electron chi connectivity index (χ0n) is 16.0. The Morgan fingerprint density at radius 1 is 1.15 bits per heavy atom. The van der Waals surface area contributed by atoms with Gasteiger partial charge in [0, 0.05) is 13.1 Å². The van der Waals surface area contributed by atoms with E-state index in [9.17, 15) is 9.36 Å². The molecule has 1 atom stereocenters. The van der Waals surface area contributed by atoms with Crippen molar-refractivity contribution in [1.29, 1.82) is 0 Å². The number of nitrogens with zero attached hydrogens (tertiary/aromatic N) is 1. The number of ether oxygens (including phenoxy) is 1. The molecule has 1 unspecified atom stereocenters. The standard InChI is InChI=1S/C19H28NO5P/c1-6-9-10-11-18(21)20(4)19(26(22,24-7-2)25-8-3)16-12-14-17(23-5)15-13-16/h6,9-15,19H,7-8H2,1-5H3. The summed E-state index contributed by atoms with van der Waals surface area (Å²) in [6.07, 6.45) is 6.61. The second kappa shape index (κ2) is 11.0. The molecule has 0 aliphatic rings. The number of allylic oxidation sites excluding steroid dienone is 3. The van der Waals surface area contributed by atoms with Gasteiger partial charge in [-0.3, -0.25) is 9.36 Å². The summed E-state index contributed by atoms with van der Waals surface area (Å²) in [6.45, 7) is 5.76. The Hall–Kier alpha value is -1.88. The highest BCUT2D eigenvalue weighted by Crippen LogP contribution is 2.62. The van der Waals surface area contributed by atoms with E-state index in [4.69, 9.17) is 13.8 Å². The van der Waals surface area contributed by atoms with Crippen molar-refractivity contribution in [1.82, 2.24) is 4.90 Å². The van der Waals surface area contributed by atoms with Crippen molar-refractivity contribution in [2.24, 2.45) is 0 Å². The van der Waals surface area contributed by atoms with Crippen LogP contribution < -0.4 is 4.74 Å². The lowest BCUT2D eigenvalue weighted by molar-refractivity contribution is -0.126. The van der Waals surface area contributed by atoms with Crippen LogP contribution in [0.25, 0.3) is 0 Å². The Balaban J connectivity index is 3.34. The first kappa shape index (κ1) is 22.2. The fourth-order valence-corrected chi connectivity index (χ4v) is 4.57. The predicted molar refractivity (Wildman–Crippen MR) is 103 cm³/mol. The van der Waals surface area contributed by atoms with Gasteiger partial charge in [-0.25, -0.2) is 0 Å². The van der Waals surface area contributed by atoms with Crippen LogP contribution in [-0.2, 0) is 18.4 Å². The Morgan fingerprint density at radius 2 is 1.73 bits per heavy atom. The number of likely N-dealkylation sites (N-methyl/N-ethyl adjacent to an activating group) is 1. The van der Waals surface area contributed by atoms with E-state index in [1.807, 2.05) is 13.0 Å². The SMILES string of the molecule is CC=CC=CC(=O)N(C)C(c1ccc(OC)cc1)P(=O)(OCC)OCC. The van der Waals surface area contributed by atoms with Crippen LogP contribution in [0, 0.1) is 0 Å². The van der Waals surface area contributed by atoms with E-state index in [0.717, 1.165) is 0 Å². The number of methoxy groups -OCH3 is 1. The molecule has 0 heterocycles. The molecule has 0 fully saturated rings. The van der Waals surface area contributed by atoms with Gasteiger partial charge in [-0.15, -0.1) is 0 Å². The maximum atomic E-state index is 13.4. The molecule has 0 aromatic heterocycles. The van der Waals surface area contributed by atoms with Gasteiger partial charge in [0.05, 0.1) is 20.3 Å². The number of amides is 1. The summed E-state index contributed by atoms with van der Waals surface area (Å²) in [7, 11) is -0.458. The number of carbonyl (C=O) groups is 1. The van der Waals surface area contributed by atoms with Crippen LogP contribution in [0.1, 0.15) is 32.1 Å². The summed E-state index contributed by atoms with van der Waals surface area (Å²) >= 11 is 0. The summed E-state index contributed by atoms with van der Waals surface area (Å²) in [6, 6.07) is 7.01. The number of hydrogen-bond acceptors (Lipinski definition) is 5. The van der Waals surface area contributed by atoms with Crippen molar-refractivity contribution in [3.8, 4) is 5.75 Å². The highest BCUT2D eigenvalue weighted by atomic mass is 31.2. The number of hydrogen-bond donors (Lipinski definition) is 0. The van der Waals surface area contributed by atoms with Gasteiger partial charge in [0.15, 0.2) is 5.78 Å². The third kappa shape index (κ3) is 5.84. The second-order valence-electron chi connectivity index (χ2n) is 5.36. The molecule has 1 aromatic carbocycles. The van der Waals surface area contributed by atoms with Crippen LogP contribution in [0.4, 0.5) is 0 Å². The van der Waals surface area contributed by atoms with E-state index in [1.165, 1.54) is 11.0 Å². The summed E-state index contributed by atoms with van der Waals surface area (Å²) in [5.41, 5.74) is 0.645. The smallest absolute Gasteiger partial charge is 0.357 e. The zero-order valence-corrected chi connectivity index (χ0v) is 16.9. The van der Waals surface area contributed by atoms with E-state index in [0.29, 0.717) is 11.3 Å². The number of carbonyl (C=O) groups excluding carboxylic acids is 1. The van der Waals surface area contributed by atoms with Gasteiger partial charge in [0.1, 0.15) is 5.75 Å². The van der Waals surface area contributed by atoms with Gasteiger partial charge >= 0.3 is 7.60 Å². The molecule has 0 radical (unpaired) electrons. The highest BCUT2D eigenvalue weighted by Gasteiger charge is 2.41. The summed E-state index contributed by atoms with van der Waals surface area (Å²) in [5.74, 6) is -0.503. The molecule has 26 heavy (non-hydrogen) atoms. The molecule has 1 amide bonds. The molecule has 6 nitrogen and oxygen atoms in total. The first-order valence-corrected chi connectivity index (χ1v) is 10.1. The maximum absolute atomic E-state index is 13.4. The van der Waals surface area contributed by atoms with E-state index in [2.05, 4.69) is 0 Å². The minimum absolute atomic E-state index is 0.209. The van der Waals surface area contributed by atoms with Crippen molar-refractivity contribution in [3.05, 3.63) is 54.1 Å². The van der Waals surface area contributed by atoms with Crippen molar-refractivity contribution in [2.45, 2.75) is 26.6 Å². The van der Waals surface area contributed by atoms with E-state index < -0.39 is 13.4 Å². The van der Waals surface area contributed by atoms with E-state index in [1.54, 1.807) is 64.4 Å². The third-order valence-corrected chi connectivity index (χ3v) is 6.07. The van der Waals surface area contributed by atoms with Gasteiger partial charge in [0.25, 0.3) is 0 Å². The maximum Gasteiger partial charge on any atom is 0.357 e. The minimum atomic E-state index is -3.61. The topological polar surface area (TPSA) is 65.1 Å². The molecule has 0 bridgehead atoms. The van der Waals surface area contributed by atoms with Gasteiger partial charge in [-0.2, -0.15) is 0 Å². The molecule has 0 aliphatic heterocycles. The van der Waals surface area contributed by atoms with Gasteiger partial charge in [-0.05, 0) is 38.5 Å². The van der Waals surface area contributed by atoms with Gasteiger partial charge < -0.3 is 18.7 Å². The average molecular weight is 381 g/mol. The highest BCUT2D eigenvalue weighted by molar-refractivity contribution is 7.54. The van der Waals surface area contributed by atoms with Crippen molar-refractivity contribution in [3.63, 3.8) is 0 Å². The molecule has 0 N–H and O–H groups in total. The van der Waals surface area contributed by atoms with E-state index in [-0.39, 0.29) is 19.1 Å². The largest absolute Gasteiger partial charge is 0.497 e.